The molecular formula is C14H17NO2S2. The Bertz CT molecular complexity index is 446. The van der Waals surface area contributed by atoms with Crippen molar-refractivity contribution in [1.82, 2.24) is 4.98 Å². The van der Waals surface area contributed by atoms with Crippen LogP contribution >= 0.6 is 21.6 Å². The normalized spacial score (nSPS) is 16.4. The number of carbonyl (C=O) groups is 1. The Hall–Kier alpha value is -1.20. The number of carbonyl (C=O) groups excluding carboxylic acids is 1. The molecular weight excluding hydrogens is 278 g/mol. The number of nitrogens with zero attached hydrogens (tertiary/aromatic N) is 1. The lowest BCUT2D eigenvalue weighted by molar-refractivity contribution is -0.138. The van der Waals surface area contributed by atoms with Gasteiger partial charge in [-0.15, -0.1) is 0 Å². The summed E-state index contributed by atoms with van der Waals surface area (Å²) in [5, 5.41) is 2.57. The molecule has 2 heterocycles. The zero-order valence-corrected chi connectivity index (χ0v) is 12.7. The van der Waals surface area contributed by atoms with Crippen molar-refractivity contribution in [2.24, 2.45) is 0 Å². The molecule has 0 bridgehead atoms. The average molecular weight is 295 g/mol. The second-order valence-corrected chi connectivity index (χ2v) is 6.02. The summed E-state index contributed by atoms with van der Waals surface area (Å²) >= 11 is 0. The Morgan fingerprint density at radius 3 is 2.74 bits per heavy atom. The highest BCUT2D eigenvalue weighted by molar-refractivity contribution is 8.78. The molecule has 0 saturated carbocycles. The Morgan fingerprint density at radius 1 is 1.53 bits per heavy atom. The smallest absolute Gasteiger partial charge is 0.333 e. The zero-order valence-electron chi connectivity index (χ0n) is 11.0. The lowest BCUT2D eigenvalue weighted by atomic mass is 10.3. The van der Waals surface area contributed by atoms with Crippen molar-refractivity contribution >= 4 is 27.6 Å². The van der Waals surface area contributed by atoms with Crippen molar-refractivity contribution in [3.63, 3.8) is 0 Å². The molecule has 1 unspecified atom stereocenters. The van der Waals surface area contributed by atoms with Gasteiger partial charge in [0.1, 0.15) is 0 Å². The SMILES string of the molecule is C1=CC(c2ccccn2)SS1.C=C(C)C(=O)OCC. The van der Waals surface area contributed by atoms with Gasteiger partial charge in [-0.25, -0.2) is 4.79 Å². The maximum absolute atomic E-state index is 10.4. The van der Waals surface area contributed by atoms with Gasteiger partial charge >= 0.3 is 5.97 Å². The summed E-state index contributed by atoms with van der Waals surface area (Å²) in [5.74, 6) is -0.312. The van der Waals surface area contributed by atoms with Crippen LogP contribution < -0.4 is 0 Å². The molecule has 1 aliphatic heterocycles. The molecule has 1 aromatic heterocycles. The van der Waals surface area contributed by atoms with Crippen LogP contribution in [0.15, 0.2) is 48.0 Å². The minimum Gasteiger partial charge on any atom is -0.463 e. The lowest BCUT2D eigenvalue weighted by Gasteiger charge is -2.02. The van der Waals surface area contributed by atoms with Gasteiger partial charge in [0.2, 0.25) is 0 Å². The van der Waals surface area contributed by atoms with Crippen LogP contribution in [0.1, 0.15) is 24.8 Å². The molecule has 0 radical (unpaired) electrons. The summed E-state index contributed by atoms with van der Waals surface area (Å²) in [4.78, 5) is 14.7. The van der Waals surface area contributed by atoms with Gasteiger partial charge in [0.15, 0.2) is 0 Å². The summed E-state index contributed by atoms with van der Waals surface area (Å²) in [6.45, 7) is 7.21. The van der Waals surface area contributed by atoms with E-state index in [1.807, 2.05) is 29.1 Å². The molecule has 1 aromatic rings. The van der Waals surface area contributed by atoms with E-state index in [4.69, 9.17) is 0 Å². The molecule has 3 nitrogen and oxygen atoms in total. The molecule has 19 heavy (non-hydrogen) atoms. The lowest BCUT2D eigenvalue weighted by Crippen LogP contribution is -2.03. The monoisotopic (exact) mass is 295 g/mol. The highest BCUT2D eigenvalue weighted by atomic mass is 33.1. The van der Waals surface area contributed by atoms with E-state index in [0.717, 1.165) is 5.69 Å². The Morgan fingerprint density at radius 2 is 2.32 bits per heavy atom. The third kappa shape index (κ3) is 5.98. The molecule has 2 rings (SSSR count). The number of aromatic nitrogens is 1. The number of ether oxygens (including phenoxy) is 1. The topological polar surface area (TPSA) is 39.2 Å². The minimum absolute atomic E-state index is 0.312. The molecule has 1 atom stereocenters. The van der Waals surface area contributed by atoms with E-state index in [1.54, 1.807) is 24.6 Å². The van der Waals surface area contributed by atoms with E-state index in [1.165, 1.54) is 0 Å². The van der Waals surface area contributed by atoms with Crippen molar-refractivity contribution in [1.29, 1.82) is 0 Å². The van der Waals surface area contributed by atoms with Gasteiger partial charge in [-0.1, -0.05) is 40.3 Å². The predicted octanol–water partition coefficient (Wildman–Crippen LogP) is 4.16. The van der Waals surface area contributed by atoms with Crippen LogP contribution in [-0.4, -0.2) is 17.6 Å². The number of hydrogen-bond acceptors (Lipinski definition) is 5. The van der Waals surface area contributed by atoms with Crippen molar-refractivity contribution < 1.29 is 9.53 Å². The van der Waals surface area contributed by atoms with E-state index in [0.29, 0.717) is 17.4 Å². The Balaban J connectivity index is 0.000000203. The summed E-state index contributed by atoms with van der Waals surface area (Å²) in [6.07, 6.45) is 4.02. The Labute approximate surface area is 121 Å². The van der Waals surface area contributed by atoms with Gasteiger partial charge in [0.25, 0.3) is 0 Å². The first kappa shape index (κ1) is 15.9. The first-order valence-corrected chi connectivity index (χ1v) is 8.15. The fraction of sp³-hybridized carbons (Fsp3) is 0.286. The van der Waals surface area contributed by atoms with Crippen LogP contribution in [0.3, 0.4) is 0 Å². The van der Waals surface area contributed by atoms with Crippen LogP contribution in [0.2, 0.25) is 0 Å². The summed E-state index contributed by atoms with van der Waals surface area (Å²) in [7, 11) is 3.61. The van der Waals surface area contributed by atoms with E-state index in [-0.39, 0.29) is 5.97 Å². The fourth-order valence-electron chi connectivity index (χ4n) is 1.17. The largest absolute Gasteiger partial charge is 0.463 e. The molecule has 0 N–H and O–H groups in total. The maximum Gasteiger partial charge on any atom is 0.333 e. The maximum atomic E-state index is 10.4. The van der Waals surface area contributed by atoms with Gasteiger partial charge in [-0.05, 0) is 31.4 Å². The zero-order chi connectivity index (χ0) is 14.1. The van der Waals surface area contributed by atoms with Crippen molar-refractivity contribution in [2.75, 3.05) is 6.61 Å². The highest BCUT2D eigenvalue weighted by Gasteiger charge is 2.13. The molecule has 0 fully saturated rings. The second-order valence-electron chi connectivity index (χ2n) is 3.70. The summed E-state index contributed by atoms with van der Waals surface area (Å²) in [6, 6.07) is 6.04. The van der Waals surface area contributed by atoms with Gasteiger partial charge in [0, 0.05) is 11.8 Å². The standard InChI is InChI=1S/C8H7NS2.C6H10O2/c1-2-5-9-7(3-1)8-4-6-10-11-8;1-4-8-6(7)5(2)3/h1-6,8H;2,4H2,1,3H3. The van der Waals surface area contributed by atoms with E-state index in [2.05, 4.69) is 33.9 Å². The van der Waals surface area contributed by atoms with Gasteiger partial charge in [-0.2, -0.15) is 0 Å². The van der Waals surface area contributed by atoms with Crippen LogP contribution in [0.4, 0.5) is 0 Å². The molecule has 102 valence electrons. The van der Waals surface area contributed by atoms with E-state index >= 15 is 0 Å². The predicted molar refractivity (Wildman–Crippen MR) is 82.7 cm³/mol. The molecule has 0 spiro atoms. The fourth-order valence-corrected chi connectivity index (χ4v) is 3.29. The van der Waals surface area contributed by atoms with Crippen LogP contribution in [0.25, 0.3) is 0 Å². The number of pyridine rings is 1. The van der Waals surface area contributed by atoms with Crippen LogP contribution in [0, 0.1) is 0 Å². The molecule has 5 heteroatoms. The van der Waals surface area contributed by atoms with E-state index < -0.39 is 0 Å². The van der Waals surface area contributed by atoms with Crippen LogP contribution in [-0.2, 0) is 9.53 Å². The quantitative estimate of drug-likeness (QED) is 0.476. The second kappa shape index (κ2) is 8.82. The first-order chi connectivity index (χ1) is 9.15. The molecule has 0 aliphatic carbocycles. The first-order valence-electron chi connectivity index (χ1n) is 5.87. The van der Waals surface area contributed by atoms with Gasteiger partial charge in [0.05, 0.1) is 17.6 Å². The molecule has 0 amide bonds. The third-order valence-electron chi connectivity index (χ3n) is 2.07. The van der Waals surface area contributed by atoms with Crippen molar-refractivity contribution in [3.8, 4) is 0 Å². The average Bonchev–Trinajstić information content (AvgIpc) is 2.95. The number of hydrogen-bond donors (Lipinski definition) is 0. The Kier molecular flexibility index (Phi) is 7.36. The van der Waals surface area contributed by atoms with Crippen molar-refractivity contribution in [3.05, 3.63) is 53.7 Å². The van der Waals surface area contributed by atoms with Gasteiger partial charge in [-0.3, -0.25) is 4.98 Å². The third-order valence-corrected chi connectivity index (χ3v) is 4.35. The molecule has 0 aromatic carbocycles. The number of esters is 1. The summed E-state index contributed by atoms with van der Waals surface area (Å²) in [5.41, 5.74) is 1.60. The van der Waals surface area contributed by atoms with E-state index in [9.17, 15) is 4.79 Å². The summed E-state index contributed by atoms with van der Waals surface area (Å²) < 4.78 is 4.56. The van der Waals surface area contributed by atoms with Crippen molar-refractivity contribution in [2.45, 2.75) is 19.1 Å². The minimum atomic E-state index is -0.312. The van der Waals surface area contributed by atoms with Crippen LogP contribution in [0.5, 0.6) is 0 Å². The molecule has 0 saturated heterocycles. The molecule has 1 aliphatic rings. The highest BCUT2D eigenvalue weighted by Crippen LogP contribution is 2.44. The van der Waals surface area contributed by atoms with Gasteiger partial charge < -0.3 is 4.74 Å². The number of rotatable bonds is 3.